The molecule has 0 aliphatic carbocycles. The van der Waals surface area contributed by atoms with Gasteiger partial charge in [-0.1, -0.05) is 6.07 Å². The molecule has 20 heavy (non-hydrogen) atoms. The first-order valence-electron chi connectivity index (χ1n) is 6.72. The van der Waals surface area contributed by atoms with Gasteiger partial charge in [-0.15, -0.1) is 0 Å². The van der Waals surface area contributed by atoms with Gasteiger partial charge in [-0.2, -0.15) is 0 Å². The second kappa shape index (κ2) is 8.27. The van der Waals surface area contributed by atoms with Crippen molar-refractivity contribution in [2.45, 2.75) is 39.3 Å². The summed E-state index contributed by atoms with van der Waals surface area (Å²) in [4.78, 5) is 12.9. The van der Waals surface area contributed by atoms with Gasteiger partial charge in [-0.05, 0) is 60.4 Å². The number of hydrogen-bond donors (Lipinski definition) is 1. The van der Waals surface area contributed by atoms with Crippen LogP contribution in [0.15, 0.2) is 22.7 Å². The fraction of sp³-hybridized carbons (Fsp3) is 0.533. The Morgan fingerprint density at radius 3 is 2.65 bits per heavy atom. The molecule has 1 aromatic rings. The Balaban J connectivity index is 2.65. The van der Waals surface area contributed by atoms with Crippen molar-refractivity contribution in [3.8, 4) is 5.75 Å². The molecule has 5 heteroatoms. The van der Waals surface area contributed by atoms with Crippen molar-refractivity contribution < 1.29 is 14.6 Å². The zero-order valence-corrected chi connectivity index (χ0v) is 13.8. The van der Waals surface area contributed by atoms with Gasteiger partial charge in [0.25, 0.3) is 0 Å². The predicted molar refractivity (Wildman–Crippen MR) is 83.1 cm³/mol. The molecule has 0 aliphatic rings. The largest absolute Gasteiger partial charge is 0.496 e. The maximum atomic E-state index is 10.6. The van der Waals surface area contributed by atoms with Gasteiger partial charge in [-0.25, -0.2) is 0 Å². The summed E-state index contributed by atoms with van der Waals surface area (Å²) in [6.07, 6.45) is 0.889. The van der Waals surface area contributed by atoms with Gasteiger partial charge >= 0.3 is 5.97 Å². The third-order valence-electron chi connectivity index (χ3n) is 3.17. The van der Waals surface area contributed by atoms with Crippen LogP contribution in [0.4, 0.5) is 0 Å². The van der Waals surface area contributed by atoms with E-state index < -0.39 is 5.97 Å². The molecule has 0 spiro atoms. The molecule has 4 nitrogen and oxygen atoms in total. The molecule has 0 aromatic heterocycles. The van der Waals surface area contributed by atoms with Gasteiger partial charge in [0.05, 0.1) is 11.6 Å². The summed E-state index contributed by atoms with van der Waals surface area (Å²) < 4.78 is 6.15. The summed E-state index contributed by atoms with van der Waals surface area (Å²) in [5, 5.41) is 8.71. The van der Waals surface area contributed by atoms with E-state index in [9.17, 15) is 4.79 Å². The second-order valence-corrected chi connectivity index (χ2v) is 5.88. The number of carbonyl (C=O) groups is 1. The second-order valence-electron chi connectivity index (χ2n) is 5.03. The molecular formula is C15H22BrNO3. The SMILES string of the molecule is COc1ccc(CN(CCCC(=O)O)C(C)C)cc1Br. The molecule has 0 atom stereocenters. The van der Waals surface area contributed by atoms with Crippen LogP contribution in [-0.2, 0) is 11.3 Å². The lowest BCUT2D eigenvalue weighted by atomic mass is 10.1. The molecule has 0 unspecified atom stereocenters. The lowest BCUT2D eigenvalue weighted by Crippen LogP contribution is -2.31. The Morgan fingerprint density at radius 1 is 1.45 bits per heavy atom. The van der Waals surface area contributed by atoms with Crippen LogP contribution in [0.25, 0.3) is 0 Å². The molecule has 0 saturated carbocycles. The normalized spacial score (nSPS) is 11.1. The summed E-state index contributed by atoms with van der Waals surface area (Å²) >= 11 is 3.48. The molecule has 1 rings (SSSR count). The first-order valence-corrected chi connectivity index (χ1v) is 7.51. The van der Waals surface area contributed by atoms with E-state index in [-0.39, 0.29) is 6.42 Å². The number of carboxylic acids is 1. The summed E-state index contributed by atoms with van der Waals surface area (Å²) in [7, 11) is 1.64. The first kappa shape index (κ1) is 17.0. The molecule has 0 heterocycles. The molecule has 0 fully saturated rings. The van der Waals surface area contributed by atoms with E-state index in [2.05, 4.69) is 34.7 Å². The number of aliphatic carboxylic acids is 1. The van der Waals surface area contributed by atoms with Crippen LogP contribution in [0.1, 0.15) is 32.3 Å². The van der Waals surface area contributed by atoms with E-state index in [0.717, 1.165) is 23.3 Å². The van der Waals surface area contributed by atoms with Crippen LogP contribution >= 0.6 is 15.9 Å². The average molecular weight is 344 g/mol. The van der Waals surface area contributed by atoms with Gasteiger partial charge in [0.2, 0.25) is 0 Å². The zero-order chi connectivity index (χ0) is 15.1. The highest BCUT2D eigenvalue weighted by Gasteiger charge is 2.12. The highest BCUT2D eigenvalue weighted by Crippen LogP contribution is 2.26. The minimum atomic E-state index is -0.735. The topological polar surface area (TPSA) is 49.8 Å². The Morgan fingerprint density at radius 2 is 2.15 bits per heavy atom. The van der Waals surface area contributed by atoms with Gasteiger partial charge in [0.15, 0.2) is 0 Å². The van der Waals surface area contributed by atoms with E-state index in [1.807, 2.05) is 18.2 Å². The number of ether oxygens (including phenoxy) is 1. The van der Waals surface area contributed by atoms with Crippen molar-refractivity contribution >= 4 is 21.9 Å². The van der Waals surface area contributed by atoms with E-state index in [1.165, 1.54) is 5.56 Å². The molecule has 112 valence electrons. The molecule has 1 aromatic carbocycles. The minimum absolute atomic E-state index is 0.218. The Hall–Kier alpha value is -1.07. The molecule has 0 radical (unpaired) electrons. The number of methoxy groups -OCH3 is 1. The Bertz CT molecular complexity index is 449. The molecule has 0 bridgehead atoms. The number of hydrogen-bond acceptors (Lipinski definition) is 3. The number of benzene rings is 1. The van der Waals surface area contributed by atoms with Crippen LogP contribution in [0, 0.1) is 0 Å². The summed E-state index contributed by atoms with van der Waals surface area (Å²) in [5.41, 5.74) is 1.18. The quantitative estimate of drug-likeness (QED) is 0.784. The number of carboxylic acid groups (broad SMARTS) is 1. The number of nitrogens with zero attached hydrogens (tertiary/aromatic N) is 1. The van der Waals surface area contributed by atoms with E-state index >= 15 is 0 Å². The van der Waals surface area contributed by atoms with Crippen LogP contribution in [0.3, 0.4) is 0 Å². The summed E-state index contributed by atoms with van der Waals surface area (Å²) in [5.74, 6) is 0.0802. The van der Waals surface area contributed by atoms with Crippen molar-refractivity contribution in [3.05, 3.63) is 28.2 Å². The minimum Gasteiger partial charge on any atom is -0.496 e. The lowest BCUT2D eigenvalue weighted by molar-refractivity contribution is -0.137. The van der Waals surface area contributed by atoms with Crippen LogP contribution in [0.2, 0.25) is 0 Å². The Kier molecular flexibility index (Phi) is 7.02. The molecule has 0 amide bonds. The van der Waals surface area contributed by atoms with Crippen molar-refractivity contribution in [3.63, 3.8) is 0 Å². The maximum absolute atomic E-state index is 10.6. The van der Waals surface area contributed by atoms with Gasteiger partial charge < -0.3 is 9.84 Å². The van der Waals surface area contributed by atoms with Crippen LogP contribution in [0.5, 0.6) is 5.75 Å². The van der Waals surface area contributed by atoms with Crippen molar-refractivity contribution in [2.75, 3.05) is 13.7 Å². The summed E-state index contributed by atoms with van der Waals surface area (Å²) in [6, 6.07) is 6.40. The predicted octanol–water partition coefficient (Wildman–Crippen LogP) is 3.53. The van der Waals surface area contributed by atoms with Gasteiger partial charge in [0, 0.05) is 19.0 Å². The average Bonchev–Trinajstić information content (AvgIpc) is 2.37. The first-order chi connectivity index (χ1) is 9.43. The molecule has 0 aliphatic heterocycles. The van der Waals surface area contributed by atoms with Gasteiger partial charge in [0.1, 0.15) is 5.75 Å². The van der Waals surface area contributed by atoms with E-state index in [4.69, 9.17) is 9.84 Å². The smallest absolute Gasteiger partial charge is 0.303 e. The maximum Gasteiger partial charge on any atom is 0.303 e. The Labute approximate surface area is 128 Å². The van der Waals surface area contributed by atoms with Crippen LogP contribution < -0.4 is 4.74 Å². The van der Waals surface area contributed by atoms with Crippen molar-refractivity contribution in [2.24, 2.45) is 0 Å². The van der Waals surface area contributed by atoms with Crippen LogP contribution in [-0.4, -0.2) is 35.7 Å². The summed E-state index contributed by atoms with van der Waals surface area (Å²) in [6.45, 7) is 5.84. The molecule has 1 N–H and O–H groups in total. The number of rotatable bonds is 8. The highest BCUT2D eigenvalue weighted by atomic mass is 79.9. The molecular weight excluding hydrogens is 322 g/mol. The van der Waals surface area contributed by atoms with E-state index in [0.29, 0.717) is 12.5 Å². The number of halogens is 1. The van der Waals surface area contributed by atoms with Crippen molar-refractivity contribution in [1.29, 1.82) is 0 Å². The third kappa shape index (κ3) is 5.51. The molecule has 0 saturated heterocycles. The zero-order valence-electron chi connectivity index (χ0n) is 12.2. The van der Waals surface area contributed by atoms with E-state index in [1.54, 1.807) is 7.11 Å². The lowest BCUT2D eigenvalue weighted by Gasteiger charge is -2.26. The monoisotopic (exact) mass is 343 g/mol. The highest BCUT2D eigenvalue weighted by molar-refractivity contribution is 9.10. The fourth-order valence-corrected chi connectivity index (χ4v) is 2.58. The van der Waals surface area contributed by atoms with Crippen molar-refractivity contribution in [1.82, 2.24) is 4.90 Å². The van der Waals surface area contributed by atoms with Gasteiger partial charge in [-0.3, -0.25) is 9.69 Å². The fourth-order valence-electron chi connectivity index (χ4n) is 2.00. The third-order valence-corrected chi connectivity index (χ3v) is 3.79. The standard InChI is InChI=1S/C15H22BrNO3/c1-11(2)17(8-4-5-15(18)19)10-12-6-7-14(20-3)13(16)9-12/h6-7,9,11H,4-5,8,10H2,1-3H3,(H,18,19).